The largest absolute Gasteiger partial charge is 0.493 e. The Hall–Kier alpha value is -4.93. The van der Waals surface area contributed by atoms with Crippen molar-refractivity contribution in [2.45, 2.75) is 174 Å². The highest BCUT2D eigenvalue weighted by molar-refractivity contribution is 7.13. The van der Waals surface area contributed by atoms with E-state index < -0.39 is 70.8 Å². The summed E-state index contributed by atoms with van der Waals surface area (Å²) in [6.45, 7) is 15.2. The molecule has 2 fully saturated rings. The molecule has 1 aromatic heterocycles. The number of nitrogens with one attached hydrogen (secondary N) is 2. The molecule has 5 atom stereocenters. The van der Waals surface area contributed by atoms with Crippen molar-refractivity contribution in [2.75, 3.05) is 13.2 Å². The lowest BCUT2D eigenvalue weighted by atomic mass is 9.85. The summed E-state index contributed by atoms with van der Waals surface area (Å²) in [4.78, 5) is 71.3. The predicted octanol–water partition coefficient (Wildman–Crippen LogP) is 7.47. The summed E-state index contributed by atoms with van der Waals surface area (Å²) in [5.41, 5.74) is 8.69. The summed E-state index contributed by atoms with van der Waals surface area (Å²) in [7, 11) is 0. The van der Waals surface area contributed by atoms with Crippen molar-refractivity contribution < 1.29 is 47.7 Å². The maximum atomic E-state index is 14.6. The molecule has 2 aromatic carbocycles. The summed E-state index contributed by atoms with van der Waals surface area (Å²) in [5.74, 6) is -1.30. The fourth-order valence-electron chi connectivity index (χ4n) is 7.93. The summed E-state index contributed by atoms with van der Waals surface area (Å²) in [6.07, 6.45) is 2.89. The van der Waals surface area contributed by atoms with E-state index in [1.165, 1.54) is 10.5 Å². The van der Waals surface area contributed by atoms with E-state index >= 15 is 0 Å². The molecule has 14 nitrogen and oxygen atoms in total. The second kappa shape index (κ2) is 22.7. The number of aliphatic hydroxyl groups excluding tert-OH is 1. The lowest BCUT2D eigenvalue weighted by Gasteiger charge is -2.35. The maximum absolute atomic E-state index is 14.6. The van der Waals surface area contributed by atoms with E-state index in [0.717, 1.165) is 52.9 Å². The quantitative estimate of drug-likeness (QED) is 0.0692. The number of nitrogens with zero attached hydrogens (tertiary/aromatic N) is 2. The number of rotatable bonds is 23. The van der Waals surface area contributed by atoms with Crippen LogP contribution in [0, 0.1) is 12.3 Å². The van der Waals surface area contributed by atoms with Crippen molar-refractivity contribution in [1.82, 2.24) is 20.5 Å². The molecule has 16 heteroatoms. The van der Waals surface area contributed by atoms with Crippen LogP contribution in [0.25, 0.3) is 10.4 Å². The molecule has 1 aliphatic heterocycles. The lowest BCUT2D eigenvalue weighted by Crippen LogP contribution is -2.58. The minimum absolute atomic E-state index is 0.0462. The van der Waals surface area contributed by atoms with Crippen molar-refractivity contribution in [3.63, 3.8) is 0 Å². The SMILES string of the molecule is Cc1ncsc1-c1ccc(CCC(=O)[C@@H]2C[C@@H](O)CN2C(=O)[C@@H](NC(=O)C2(F)CC2)C(C)(C)C)c(OCCCCCc2ccc(CO[C@H](C)[C@H](CCC(N)=O)NC(=O)OC(C)(C)C)cc2)c1. The summed E-state index contributed by atoms with van der Waals surface area (Å²) < 4.78 is 32.6. The standard InChI is InChI=1S/C50H70FN5O9S/c1-31-43(66-30-53-31)36-18-17-35(19-21-40(58)39-27-37(57)28-56(39)45(60)44(48(3,4)5)55-46(61)50(51)23-24-50)41(26-36)63-25-11-9-10-12-33-13-15-34(16-14-33)29-64-32(2)38(20-22-42(52)59)54-47(62)65-49(6,7)8/h13-18,26,30,32,37-39,44,57H,9-12,19-25,27-29H2,1-8H3,(H2,52,59)(H,54,62)(H,55,61)/t32-,37-,38+,39+,44-/m1/s1. The topological polar surface area (TPSA) is 199 Å². The number of likely N-dealkylation sites (tertiary alicyclic amines) is 1. The number of hydrogen-bond donors (Lipinski definition) is 4. The van der Waals surface area contributed by atoms with Crippen molar-refractivity contribution >= 4 is 40.9 Å². The third-order valence-electron chi connectivity index (χ3n) is 12.0. The first-order valence-electron chi connectivity index (χ1n) is 23.2. The molecular weight excluding hydrogens is 866 g/mol. The predicted molar refractivity (Wildman–Crippen MR) is 252 cm³/mol. The van der Waals surface area contributed by atoms with Crippen LogP contribution in [0.5, 0.6) is 5.75 Å². The first-order chi connectivity index (χ1) is 31.0. The Labute approximate surface area is 392 Å². The molecule has 0 unspecified atom stereocenters. The lowest BCUT2D eigenvalue weighted by molar-refractivity contribution is -0.144. The van der Waals surface area contributed by atoms with Crippen LogP contribution in [0.3, 0.4) is 0 Å². The number of ketones is 1. The zero-order valence-corrected chi connectivity index (χ0v) is 40.7. The number of aryl methyl sites for hydroxylation is 3. The van der Waals surface area contributed by atoms with Crippen LogP contribution in [0.4, 0.5) is 9.18 Å². The van der Waals surface area contributed by atoms with Crippen LogP contribution < -0.4 is 21.1 Å². The monoisotopic (exact) mass is 935 g/mol. The molecule has 1 aliphatic carbocycles. The van der Waals surface area contributed by atoms with Crippen LogP contribution >= 0.6 is 11.3 Å². The Morgan fingerprint density at radius 1 is 0.970 bits per heavy atom. The third-order valence-corrected chi connectivity index (χ3v) is 13.0. The van der Waals surface area contributed by atoms with Crippen LogP contribution in [-0.4, -0.2) is 99.3 Å². The Morgan fingerprint density at radius 3 is 2.29 bits per heavy atom. The Balaban J connectivity index is 1.13. The Kier molecular flexibility index (Phi) is 17.9. The highest BCUT2D eigenvalue weighted by Gasteiger charge is 2.53. The van der Waals surface area contributed by atoms with Gasteiger partial charge >= 0.3 is 6.09 Å². The number of benzene rings is 2. The van der Waals surface area contributed by atoms with Crippen LogP contribution in [0.2, 0.25) is 0 Å². The minimum atomic E-state index is -1.96. The number of β-amino-alcohol motifs (C(OH)–C–C–N with tert-alkyl or cyclic N) is 1. The Bertz CT molecular complexity index is 2150. The number of aromatic nitrogens is 1. The third kappa shape index (κ3) is 15.3. The Morgan fingerprint density at radius 2 is 1.67 bits per heavy atom. The van der Waals surface area contributed by atoms with Crippen molar-refractivity contribution in [3.8, 4) is 16.2 Å². The molecule has 0 bridgehead atoms. The second-order valence-corrected chi connectivity index (χ2v) is 20.8. The molecule has 3 aromatic rings. The van der Waals surface area contributed by atoms with Crippen molar-refractivity contribution in [3.05, 3.63) is 70.4 Å². The molecule has 5 N–H and O–H groups in total. The summed E-state index contributed by atoms with van der Waals surface area (Å²) in [5, 5.41) is 16.1. The van der Waals surface area contributed by atoms with E-state index in [0.29, 0.717) is 31.8 Å². The van der Waals surface area contributed by atoms with Gasteiger partial charge in [-0.25, -0.2) is 14.2 Å². The molecule has 5 rings (SSSR count). The number of hydrogen-bond acceptors (Lipinski definition) is 11. The average molecular weight is 936 g/mol. The number of halogens is 1. The maximum Gasteiger partial charge on any atom is 0.407 e. The number of aliphatic hydroxyl groups is 1. The number of unbranched alkanes of at least 4 members (excludes halogenated alkanes) is 2. The molecule has 362 valence electrons. The number of carbonyl (C=O) groups is 5. The molecule has 1 saturated carbocycles. The van der Waals surface area contributed by atoms with Gasteiger partial charge in [0, 0.05) is 25.8 Å². The van der Waals surface area contributed by atoms with Gasteiger partial charge in [-0.2, -0.15) is 0 Å². The van der Waals surface area contributed by atoms with E-state index in [9.17, 15) is 33.5 Å². The van der Waals surface area contributed by atoms with E-state index in [1.807, 2.05) is 44.2 Å². The zero-order chi connectivity index (χ0) is 48.4. The number of ether oxygens (including phenoxy) is 3. The molecular formula is C50H70FN5O9S. The van der Waals surface area contributed by atoms with E-state index in [2.05, 4.69) is 27.8 Å². The fraction of sp³-hybridized carbons (Fsp3) is 0.600. The van der Waals surface area contributed by atoms with Gasteiger partial charge in [-0.1, -0.05) is 57.2 Å². The van der Waals surface area contributed by atoms with Crippen molar-refractivity contribution in [1.29, 1.82) is 0 Å². The van der Waals surface area contributed by atoms with Gasteiger partial charge in [0.05, 0.1) is 53.6 Å². The van der Waals surface area contributed by atoms with Gasteiger partial charge < -0.3 is 40.6 Å². The fourth-order valence-corrected chi connectivity index (χ4v) is 8.73. The number of nitrogens with two attached hydrogens (primary N) is 1. The molecule has 0 radical (unpaired) electrons. The van der Waals surface area contributed by atoms with Gasteiger partial charge in [-0.05, 0) is 120 Å². The minimum Gasteiger partial charge on any atom is -0.493 e. The number of amides is 4. The van der Waals surface area contributed by atoms with Crippen LogP contribution in [0.15, 0.2) is 48.0 Å². The molecule has 1 saturated heterocycles. The highest BCUT2D eigenvalue weighted by atomic mass is 32.1. The van der Waals surface area contributed by atoms with E-state index in [-0.39, 0.29) is 44.4 Å². The smallest absolute Gasteiger partial charge is 0.407 e. The molecule has 4 amide bonds. The molecule has 2 heterocycles. The van der Waals surface area contributed by atoms with Gasteiger partial charge in [0.15, 0.2) is 11.5 Å². The van der Waals surface area contributed by atoms with E-state index in [4.69, 9.17) is 19.9 Å². The number of Topliss-reactive ketones (excluding diaryl/α,β-unsaturated/α-hetero) is 1. The zero-order valence-electron chi connectivity index (χ0n) is 39.9. The van der Waals surface area contributed by atoms with Gasteiger partial charge in [-0.15, -0.1) is 11.3 Å². The number of thiazole rings is 1. The van der Waals surface area contributed by atoms with Gasteiger partial charge in [-0.3, -0.25) is 19.2 Å². The van der Waals surface area contributed by atoms with Crippen LogP contribution in [-0.2, 0) is 48.1 Å². The molecule has 66 heavy (non-hydrogen) atoms. The van der Waals surface area contributed by atoms with Gasteiger partial charge in [0.1, 0.15) is 17.4 Å². The number of alkyl halides is 1. The molecule has 0 spiro atoms. The number of carbonyl (C=O) groups excluding carboxylic acids is 5. The number of primary amides is 1. The van der Waals surface area contributed by atoms with Crippen molar-refractivity contribution in [2.24, 2.45) is 11.1 Å². The average Bonchev–Trinajstić information content (AvgIpc) is 3.65. The second-order valence-electron chi connectivity index (χ2n) is 19.9. The summed E-state index contributed by atoms with van der Waals surface area (Å²) >= 11 is 1.54. The van der Waals surface area contributed by atoms with Gasteiger partial charge in [0.2, 0.25) is 11.8 Å². The molecule has 2 aliphatic rings. The first kappa shape index (κ1) is 52.0. The first-order valence-corrected chi connectivity index (χ1v) is 24.1. The van der Waals surface area contributed by atoms with E-state index in [1.54, 1.807) is 58.4 Å². The van der Waals surface area contributed by atoms with Crippen LogP contribution in [0.1, 0.15) is 129 Å². The highest BCUT2D eigenvalue weighted by Crippen LogP contribution is 2.41. The number of alkyl carbamates (subject to hydrolysis) is 1. The normalized spacial score (nSPS) is 18.2. The van der Waals surface area contributed by atoms with Gasteiger partial charge in [0.25, 0.3) is 5.91 Å². The summed E-state index contributed by atoms with van der Waals surface area (Å²) in [6, 6.07) is 11.8.